The van der Waals surface area contributed by atoms with E-state index in [-0.39, 0.29) is 18.0 Å². The van der Waals surface area contributed by atoms with Gasteiger partial charge in [-0.05, 0) is 23.9 Å². The molecule has 0 unspecified atom stereocenters. The summed E-state index contributed by atoms with van der Waals surface area (Å²) >= 11 is 0. The summed E-state index contributed by atoms with van der Waals surface area (Å²) < 4.78 is 0. The number of pyridine rings is 1. The van der Waals surface area contributed by atoms with Crippen molar-refractivity contribution in [1.29, 1.82) is 0 Å². The lowest BCUT2D eigenvalue weighted by molar-refractivity contribution is -0.126. The molecule has 180 valence electrons. The third-order valence-corrected chi connectivity index (χ3v) is 5.63. The number of nitrogens with zero attached hydrogens (tertiary/aromatic N) is 1. The largest absolute Gasteiger partial charge is 0.347 e. The van der Waals surface area contributed by atoms with Gasteiger partial charge in [0.2, 0.25) is 5.91 Å². The van der Waals surface area contributed by atoms with Crippen LogP contribution in [0.2, 0.25) is 0 Å². The average molecular weight is 455 g/mol. The lowest BCUT2D eigenvalue weighted by Crippen LogP contribution is -2.34. The molecule has 1 aromatic heterocycles. The molecule has 0 saturated heterocycles. The van der Waals surface area contributed by atoms with E-state index in [1.165, 1.54) is 57.6 Å². The number of hydrogen-bond donors (Lipinski definition) is 3. The number of para-hydroxylation sites is 1. The highest BCUT2D eigenvalue weighted by atomic mass is 16.2. The van der Waals surface area contributed by atoms with E-state index < -0.39 is 5.91 Å². The van der Waals surface area contributed by atoms with E-state index in [0.29, 0.717) is 12.0 Å². The summed E-state index contributed by atoms with van der Waals surface area (Å²) in [5.41, 5.74) is 3.13. The van der Waals surface area contributed by atoms with Crippen LogP contribution in [-0.2, 0) is 9.59 Å². The number of aromatic nitrogens is 1. The number of fused-ring (bicyclic) bond motifs is 1. The number of H-pyrrole nitrogens is 1. The van der Waals surface area contributed by atoms with E-state index >= 15 is 0 Å². The Labute approximate surface area is 196 Å². The van der Waals surface area contributed by atoms with Crippen LogP contribution in [0.15, 0.2) is 40.2 Å². The molecular weight excluding hydrogens is 416 g/mol. The summed E-state index contributed by atoms with van der Waals surface area (Å²) in [6, 6.07) is 9.13. The number of amides is 2. The van der Waals surface area contributed by atoms with Crippen LogP contribution in [0, 0.1) is 0 Å². The number of hydrogen-bond acceptors (Lipinski definition) is 4. The number of nitrogens with one attached hydrogen (secondary N) is 3. The first-order valence-electron chi connectivity index (χ1n) is 12.3. The Morgan fingerprint density at radius 3 is 2.24 bits per heavy atom. The molecule has 0 saturated carbocycles. The van der Waals surface area contributed by atoms with E-state index in [0.717, 1.165) is 30.2 Å². The number of carbonyl (C=O) groups excluding carboxylic acids is 2. The van der Waals surface area contributed by atoms with Crippen LogP contribution in [0.4, 0.5) is 0 Å². The van der Waals surface area contributed by atoms with Gasteiger partial charge in [0.05, 0.1) is 18.3 Å². The Hall–Kier alpha value is -2.96. The maximum absolute atomic E-state index is 12.1. The first-order chi connectivity index (χ1) is 16.1. The van der Waals surface area contributed by atoms with Crippen molar-refractivity contribution in [2.45, 2.75) is 84.0 Å². The molecule has 7 heteroatoms. The summed E-state index contributed by atoms with van der Waals surface area (Å²) in [5.74, 6) is -0.563. The van der Waals surface area contributed by atoms with Crippen LogP contribution in [0.5, 0.6) is 0 Å². The highest BCUT2D eigenvalue weighted by molar-refractivity contribution is 5.89. The highest BCUT2D eigenvalue weighted by Gasteiger charge is 2.05. The zero-order valence-electron chi connectivity index (χ0n) is 19.8. The van der Waals surface area contributed by atoms with Crippen LogP contribution >= 0.6 is 0 Å². The van der Waals surface area contributed by atoms with Crippen LogP contribution in [0.3, 0.4) is 0 Å². The summed E-state index contributed by atoms with van der Waals surface area (Å²) in [6.07, 6.45) is 15.3. The minimum Gasteiger partial charge on any atom is -0.347 e. The topological polar surface area (TPSA) is 103 Å². The second-order valence-corrected chi connectivity index (χ2v) is 8.50. The lowest BCUT2D eigenvalue weighted by Gasteiger charge is -2.05. The Kier molecular flexibility index (Phi) is 12.6. The maximum Gasteiger partial charge on any atom is 0.259 e. The number of rotatable bonds is 16. The van der Waals surface area contributed by atoms with Crippen LogP contribution in [0.1, 0.15) is 89.5 Å². The van der Waals surface area contributed by atoms with Crippen molar-refractivity contribution in [3.8, 4) is 0 Å². The molecule has 7 nitrogen and oxygen atoms in total. The van der Waals surface area contributed by atoms with Crippen molar-refractivity contribution in [3.05, 3.63) is 46.2 Å². The smallest absolute Gasteiger partial charge is 0.259 e. The molecule has 0 aliphatic rings. The second-order valence-electron chi connectivity index (χ2n) is 8.50. The molecule has 2 aromatic rings. The predicted octanol–water partition coefficient (Wildman–Crippen LogP) is 4.80. The Bertz CT molecular complexity index is 952. The van der Waals surface area contributed by atoms with Gasteiger partial charge in [0, 0.05) is 11.9 Å². The number of carbonyl (C=O) groups is 2. The van der Waals surface area contributed by atoms with Crippen molar-refractivity contribution in [3.63, 3.8) is 0 Å². The molecule has 3 N–H and O–H groups in total. The van der Waals surface area contributed by atoms with E-state index in [4.69, 9.17) is 0 Å². The van der Waals surface area contributed by atoms with E-state index in [1.807, 2.05) is 24.3 Å². The van der Waals surface area contributed by atoms with Crippen molar-refractivity contribution in [2.75, 3.05) is 6.54 Å². The van der Waals surface area contributed by atoms with Gasteiger partial charge in [0.1, 0.15) is 0 Å². The Balaban J connectivity index is 1.53. The Morgan fingerprint density at radius 2 is 1.55 bits per heavy atom. The number of unbranched alkanes of at least 4 members (excludes halogenated alkanes) is 10. The number of aromatic amines is 1. The van der Waals surface area contributed by atoms with Crippen molar-refractivity contribution >= 4 is 28.9 Å². The molecule has 0 fully saturated rings. The van der Waals surface area contributed by atoms with Crippen molar-refractivity contribution in [1.82, 2.24) is 15.7 Å². The van der Waals surface area contributed by atoms with Crippen LogP contribution in [-0.4, -0.2) is 29.6 Å². The summed E-state index contributed by atoms with van der Waals surface area (Å²) in [7, 11) is 0. The van der Waals surface area contributed by atoms with Crippen LogP contribution in [0.25, 0.3) is 10.9 Å². The van der Waals surface area contributed by atoms with Crippen molar-refractivity contribution < 1.29 is 9.59 Å². The summed E-state index contributed by atoms with van der Waals surface area (Å²) in [4.78, 5) is 38.6. The summed E-state index contributed by atoms with van der Waals surface area (Å²) in [6.45, 7) is 2.10. The van der Waals surface area contributed by atoms with E-state index in [1.54, 1.807) is 6.07 Å². The fourth-order valence-corrected chi connectivity index (χ4v) is 3.69. The lowest BCUT2D eigenvalue weighted by atomic mass is 10.1. The monoisotopic (exact) mass is 454 g/mol. The molecule has 0 radical (unpaired) electrons. The van der Waals surface area contributed by atoms with Gasteiger partial charge in [-0.2, -0.15) is 5.10 Å². The van der Waals surface area contributed by atoms with Gasteiger partial charge in [-0.1, -0.05) is 89.3 Å². The van der Waals surface area contributed by atoms with Gasteiger partial charge < -0.3 is 10.3 Å². The fourth-order valence-electron chi connectivity index (χ4n) is 3.69. The highest BCUT2D eigenvalue weighted by Crippen LogP contribution is 2.12. The number of hydrazone groups is 1. The third-order valence-electron chi connectivity index (χ3n) is 5.63. The zero-order chi connectivity index (χ0) is 23.7. The predicted molar refractivity (Wildman–Crippen MR) is 134 cm³/mol. The minimum atomic E-state index is -0.434. The van der Waals surface area contributed by atoms with Crippen molar-refractivity contribution in [2.24, 2.45) is 5.10 Å². The molecule has 2 amide bonds. The standard InChI is InChI=1S/C26H38N4O3/c1-2-3-4-5-6-7-8-9-10-11-12-17-24(31)27-20-25(32)30-28-19-22-18-21-15-13-14-16-23(21)29-26(22)33/h13-16,18-19H,2-12,17,20H2,1H3,(H,27,31)(H,29,33)(H,30,32)/b28-19+. The zero-order valence-corrected chi connectivity index (χ0v) is 19.8. The molecule has 2 rings (SSSR count). The quantitative estimate of drug-likeness (QED) is 0.193. The van der Waals surface area contributed by atoms with Gasteiger partial charge in [0.15, 0.2) is 0 Å². The van der Waals surface area contributed by atoms with Gasteiger partial charge in [0.25, 0.3) is 11.5 Å². The molecule has 0 atom stereocenters. The van der Waals surface area contributed by atoms with Gasteiger partial charge in [-0.15, -0.1) is 0 Å². The molecule has 0 aliphatic carbocycles. The van der Waals surface area contributed by atoms with E-state index in [2.05, 4.69) is 27.8 Å². The van der Waals surface area contributed by atoms with Gasteiger partial charge in [-0.25, -0.2) is 5.43 Å². The van der Waals surface area contributed by atoms with Gasteiger partial charge in [-0.3, -0.25) is 14.4 Å². The molecule has 1 aromatic carbocycles. The molecule has 0 spiro atoms. The maximum atomic E-state index is 12.1. The molecule has 0 bridgehead atoms. The minimum absolute atomic E-state index is 0.129. The van der Waals surface area contributed by atoms with Crippen LogP contribution < -0.4 is 16.3 Å². The summed E-state index contributed by atoms with van der Waals surface area (Å²) in [5, 5.41) is 7.31. The Morgan fingerprint density at radius 1 is 0.909 bits per heavy atom. The third kappa shape index (κ3) is 10.9. The van der Waals surface area contributed by atoms with Gasteiger partial charge >= 0.3 is 0 Å². The second kappa shape index (κ2) is 15.8. The normalized spacial score (nSPS) is 11.2. The number of benzene rings is 1. The molecule has 33 heavy (non-hydrogen) atoms. The SMILES string of the molecule is CCCCCCCCCCCCCC(=O)NCC(=O)N/N=C/c1cc2ccccc2[nH]c1=O. The first-order valence-corrected chi connectivity index (χ1v) is 12.3. The fraction of sp³-hybridized carbons (Fsp3) is 0.538. The molecule has 1 heterocycles. The first kappa shape index (κ1) is 26.3. The molecular formula is C26H38N4O3. The average Bonchev–Trinajstić information content (AvgIpc) is 2.81. The van der Waals surface area contributed by atoms with E-state index in [9.17, 15) is 14.4 Å². The molecule has 0 aliphatic heterocycles.